The molecule has 5 nitrogen and oxygen atoms in total. The van der Waals surface area contributed by atoms with Gasteiger partial charge in [-0.15, -0.1) is 11.3 Å². The van der Waals surface area contributed by atoms with E-state index in [1.165, 1.54) is 42.5 Å². The van der Waals surface area contributed by atoms with Crippen molar-refractivity contribution in [2.45, 2.75) is 63.8 Å². The Morgan fingerprint density at radius 2 is 1.86 bits per heavy atom. The zero-order valence-electron chi connectivity index (χ0n) is 16.6. The molecule has 1 fully saturated rings. The molecule has 5 rings (SSSR count). The summed E-state index contributed by atoms with van der Waals surface area (Å²) in [5, 5.41) is 5.27. The third-order valence-corrected chi connectivity index (χ3v) is 7.32. The molecule has 0 saturated heterocycles. The maximum atomic E-state index is 13.7. The van der Waals surface area contributed by atoms with Gasteiger partial charge in [0.05, 0.1) is 11.6 Å². The first-order valence-electron chi connectivity index (χ1n) is 10.7. The van der Waals surface area contributed by atoms with Gasteiger partial charge in [0.15, 0.2) is 0 Å². The summed E-state index contributed by atoms with van der Waals surface area (Å²) in [5.41, 5.74) is 5.50. The fraction of sp³-hybridized carbons (Fsp3) is 0.435. The Labute approximate surface area is 174 Å². The Balaban J connectivity index is 1.59. The van der Waals surface area contributed by atoms with Gasteiger partial charge in [0.25, 0.3) is 5.56 Å². The van der Waals surface area contributed by atoms with Crippen molar-refractivity contribution in [3.63, 3.8) is 0 Å². The predicted molar refractivity (Wildman–Crippen MR) is 120 cm³/mol. The molecular formula is C23H26N4OS. The second-order valence-corrected chi connectivity index (χ2v) is 9.16. The molecule has 2 aliphatic carbocycles. The first-order valence-corrected chi connectivity index (χ1v) is 11.5. The molecule has 3 aromatic rings. The highest BCUT2D eigenvalue weighted by Gasteiger charge is 2.26. The summed E-state index contributed by atoms with van der Waals surface area (Å²) in [7, 11) is 0. The first kappa shape index (κ1) is 18.6. The average molecular weight is 407 g/mol. The van der Waals surface area contributed by atoms with Crippen molar-refractivity contribution in [2.24, 2.45) is 5.10 Å². The van der Waals surface area contributed by atoms with E-state index in [4.69, 9.17) is 4.98 Å². The molecule has 2 heterocycles. The summed E-state index contributed by atoms with van der Waals surface area (Å²) in [6, 6.07) is 10.2. The van der Waals surface area contributed by atoms with Crippen molar-refractivity contribution in [3.05, 3.63) is 56.7 Å². The third kappa shape index (κ3) is 3.62. The largest absolute Gasteiger partial charge is 0.274 e. The van der Waals surface area contributed by atoms with Crippen molar-refractivity contribution in [3.8, 4) is 0 Å². The van der Waals surface area contributed by atoms with Crippen LogP contribution in [-0.4, -0.2) is 15.8 Å². The maximum Gasteiger partial charge on any atom is 0.264 e. The molecule has 0 radical (unpaired) electrons. The number of fused-ring (bicyclic) bond motifs is 3. The average Bonchev–Trinajstić information content (AvgIpc) is 3.14. The number of rotatable bonds is 4. The zero-order chi connectivity index (χ0) is 19.6. The highest BCUT2D eigenvalue weighted by atomic mass is 32.1. The Kier molecular flexibility index (Phi) is 5.19. The van der Waals surface area contributed by atoms with Gasteiger partial charge in [-0.2, -0.15) is 5.10 Å². The number of thiophene rings is 1. The van der Waals surface area contributed by atoms with Crippen LogP contribution in [-0.2, 0) is 12.8 Å². The second-order valence-electron chi connectivity index (χ2n) is 8.07. The van der Waals surface area contributed by atoms with Gasteiger partial charge in [0.2, 0.25) is 5.95 Å². The van der Waals surface area contributed by atoms with Gasteiger partial charge in [-0.3, -0.25) is 9.36 Å². The Morgan fingerprint density at radius 1 is 1.07 bits per heavy atom. The number of hydrogen-bond donors (Lipinski definition) is 1. The minimum absolute atomic E-state index is 0.124. The van der Waals surface area contributed by atoms with Crippen molar-refractivity contribution >= 4 is 33.7 Å². The van der Waals surface area contributed by atoms with E-state index in [-0.39, 0.29) is 11.6 Å². The van der Waals surface area contributed by atoms with Crippen LogP contribution in [0.5, 0.6) is 0 Å². The van der Waals surface area contributed by atoms with Crippen LogP contribution in [0.4, 0.5) is 5.95 Å². The van der Waals surface area contributed by atoms with E-state index in [2.05, 4.69) is 10.5 Å². The van der Waals surface area contributed by atoms with E-state index in [1.807, 2.05) is 34.9 Å². The molecule has 29 heavy (non-hydrogen) atoms. The van der Waals surface area contributed by atoms with Crippen LogP contribution in [0.3, 0.4) is 0 Å². The molecule has 150 valence electrons. The molecule has 6 heteroatoms. The SMILES string of the molecule is O=c1c2c3c(sc2nc(N/N=C\c2ccccc2)n1C1CCCCC1)CCCC3. The summed E-state index contributed by atoms with van der Waals surface area (Å²) in [6.07, 6.45) is 11.9. The van der Waals surface area contributed by atoms with Gasteiger partial charge in [0.1, 0.15) is 4.83 Å². The molecule has 2 aliphatic rings. The van der Waals surface area contributed by atoms with Crippen LogP contribution in [0, 0.1) is 0 Å². The summed E-state index contributed by atoms with van der Waals surface area (Å²) >= 11 is 1.70. The summed E-state index contributed by atoms with van der Waals surface area (Å²) in [6.45, 7) is 0. The van der Waals surface area contributed by atoms with E-state index >= 15 is 0 Å². The van der Waals surface area contributed by atoms with Crippen LogP contribution in [0.2, 0.25) is 0 Å². The van der Waals surface area contributed by atoms with E-state index in [1.54, 1.807) is 17.6 Å². The first-order chi connectivity index (χ1) is 14.3. The molecule has 0 bridgehead atoms. The zero-order valence-corrected chi connectivity index (χ0v) is 17.4. The van der Waals surface area contributed by atoms with Crippen molar-refractivity contribution in [1.29, 1.82) is 0 Å². The van der Waals surface area contributed by atoms with Gasteiger partial charge < -0.3 is 0 Å². The number of aryl methyl sites for hydroxylation is 2. The lowest BCUT2D eigenvalue weighted by molar-refractivity contribution is 0.348. The van der Waals surface area contributed by atoms with Crippen LogP contribution >= 0.6 is 11.3 Å². The highest BCUT2D eigenvalue weighted by molar-refractivity contribution is 7.18. The fourth-order valence-electron chi connectivity index (χ4n) is 4.68. The highest BCUT2D eigenvalue weighted by Crippen LogP contribution is 2.36. The predicted octanol–water partition coefficient (Wildman–Crippen LogP) is 5.29. The van der Waals surface area contributed by atoms with Crippen LogP contribution in [0.25, 0.3) is 10.2 Å². The smallest absolute Gasteiger partial charge is 0.264 e. The molecule has 0 aliphatic heterocycles. The van der Waals surface area contributed by atoms with E-state index in [0.717, 1.165) is 41.5 Å². The number of benzene rings is 1. The number of aromatic nitrogens is 2. The van der Waals surface area contributed by atoms with E-state index in [9.17, 15) is 4.79 Å². The number of anilines is 1. The number of nitrogens with zero attached hydrogens (tertiary/aromatic N) is 3. The quantitative estimate of drug-likeness (QED) is 0.473. The normalized spacial score (nSPS) is 17.7. The Hall–Kier alpha value is -2.47. The Morgan fingerprint density at radius 3 is 2.69 bits per heavy atom. The van der Waals surface area contributed by atoms with Gasteiger partial charge in [0, 0.05) is 10.9 Å². The lowest BCUT2D eigenvalue weighted by atomic mass is 9.94. The lowest BCUT2D eigenvalue weighted by Crippen LogP contribution is -2.29. The fourth-order valence-corrected chi connectivity index (χ4v) is 5.93. The van der Waals surface area contributed by atoms with Gasteiger partial charge in [-0.25, -0.2) is 10.4 Å². The minimum Gasteiger partial charge on any atom is -0.274 e. The summed E-state index contributed by atoms with van der Waals surface area (Å²) in [5.74, 6) is 0.583. The molecular weight excluding hydrogens is 380 g/mol. The Bertz CT molecular complexity index is 1090. The maximum absolute atomic E-state index is 13.7. The second kappa shape index (κ2) is 8.11. The minimum atomic E-state index is 0.124. The third-order valence-electron chi connectivity index (χ3n) is 6.14. The molecule has 0 amide bonds. The van der Waals surface area contributed by atoms with Crippen LogP contribution < -0.4 is 11.0 Å². The molecule has 1 aromatic carbocycles. The van der Waals surface area contributed by atoms with Gasteiger partial charge in [-0.05, 0) is 49.7 Å². The lowest BCUT2D eigenvalue weighted by Gasteiger charge is -2.25. The standard InChI is InChI=1S/C23H26N4OS/c28-22-20-18-13-7-8-14-19(18)29-21(20)25-23(27(22)17-11-5-2-6-12-17)26-24-15-16-9-3-1-4-10-16/h1,3-4,9-10,15,17H,2,5-8,11-14H2,(H,25,26)/b24-15-. The number of nitrogens with one attached hydrogen (secondary N) is 1. The summed E-state index contributed by atoms with van der Waals surface area (Å²) < 4.78 is 1.91. The van der Waals surface area contributed by atoms with Crippen molar-refractivity contribution in [1.82, 2.24) is 9.55 Å². The monoisotopic (exact) mass is 406 g/mol. The van der Waals surface area contributed by atoms with Crippen LogP contribution in [0.1, 0.15) is 67.0 Å². The number of hydrazone groups is 1. The molecule has 2 aromatic heterocycles. The van der Waals surface area contributed by atoms with Gasteiger partial charge in [-0.1, -0.05) is 49.6 Å². The molecule has 0 atom stereocenters. The van der Waals surface area contributed by atoms with E-state index in [0.29, 0.717) is 5.95 Å². The van der Waals surface area contributed by atoms with Gasteiger partial charge >= 0.3 is 0 Å². The molecule has 1 N–H and O–H groups in total. The molecule has 1 saturated carbocycles. The van der Waals surface area contributed by atoms with Crippen molar-refractivity contribution < 1.29 is 0 Å². The topological polar surface area (TPSA) is 59.3 Å². The van der Waals surface area contributed by atoms with Crippen LogP contribution in [0.15, 0.2) is 40.2 Å². The summed E-state index contributed by atoms with van der Waals surface area (Å²) in [4.78, 5) is 20.8. The molecule has 0 unspecified atom stereocenters. The van der Waals surface area contributed by atoms with Crippen molar-refractivity contribution in [2.75, 3.05) is 5.43 Å². The molecule has 0 spiro atoms. The number of hydrogen-bond acceptors (Lipinski definition) is 5. The van der Waals surface area contributed by atoms with E-state index < -0.39 is 0 Å².